The number of ether oxygens (including phenoxy) is 2. The van der Waals surface area contributed by atoms with Crippen molar-refractivity contribution in [1.82, 2.24) is 19.6 Å². The second-order valence-corrected chi connectivity index (χ2v) is 15.1. The van der Waals surface area contributed by atoms with E-state index in [0.717, 1.165) is 86.1 Å². The molecule has 10 heteroatoms. The molecule has 0 aromatic heterocycles. The number of benzene rings is 2. The summed E-state index contributed by atoms with van der Waals surface area (Å²) in [4.78, 5) is 58.9. The summed E-state index contributed by atoms with van der Waals surface area (Å²) >= 11 is 0. The van der Waals surface area contributed by atoms with Gasteiger partial charge in [-0.2, -0.15) is 0 Å². The molecule has 0 aliphatic carbocycles. The number of carbonyl (C=O) groups is 4. The van der Waals surface area contributed by atoms with E-state index >= 15 is 0 Å². The molecule has 4 aliphatic heterocycles. The average molecular weight is 725 g/mol. The van der Waals surface area contributed by atoms with Crippen molar-refractivity contribution >= 4 is 29.7 Å². The quantitative estimate of drug-likeness (QED) is 0.239. The predicted octanol–water partition coefficient (Wildman–Crippen LogP) is 6.72. The fourth-order valence-corrected chi connectivity index (χ4v) is 8.33. The van der Waals surface area contributed by atoms with Gasteiger partial charge in [0.1, 0.15) is 23.7 Å². The van der Waals surface area contributed by atoms with Crippen LogP contribution in [0, 0.1) is 5.92 Å². The van der Waals surface area contributed by atoms with Crippen LogP contribution in [-0.4, -0.2) is 94.7 Å². The molecule has 0 spiro atoms. The number of hydrogen-bond acceptors (Lipinski definition) is 6. The van der Waals surface area contributed by atoms with Gasteiger partial charge < -0.3 is 29.1 Å². The lowest BCUT2D eigenvalue weighted by molar-refractivity contribution is -0.135. The highest BCUT2D eigenvalue weighted by Crippen LogP contribution is 2.38. The second kappa shape index (κ2) is 17.5. The monoisotopic (exact) mass is 724 g/mol. The van der Waals surface area contributed by atoms with Crippen LogP contribution in [0.2, 0.25) is 0 Å². The Morgan fingerprint density at radius 1 is 0.755 bits per heavy atom. The largest absolute Gasteiger partial charge is 0.490 e. The SMILES string of the molecule is C=CC(=O)N1CCC(Oc2ccc(/C=C/C(=O)N3CCC(Oc4cccc(C5CCCN5C(=O)CC)c4)CC3)c(C3CCCN3C(=O)C(C)C)c2)CC1. The van der Waals surface area contributed by atoms with Gasteiger partial charge in [0.2, 0.25) is 23.6 Å². The number of carbonyl (C=O) groups excluding carboxylic acids is 4. The zero-order valence-electron chi connectivity index (χ0n) is 31.7. The smallest absolute Gasteiger partial charge is 0.246 e. The Morgan fingerprint density at radius 2 is 1.36 bits per heavy atom. The van der Waals surface area contributed by atoms with E-state index in [0.29, 0.717) is 39.1 Å². The van der Waals surface area contributed by atoms with Gasteiger partial charge in [-0.25, -0.2) is 0 Å². The van der Waals surface area contributed by atoms with Crippen molar-refractivity contribution in [1.29, 1.82) is 0 Å². The Hall–Kier alpha value is -4.60. The third-order valence-electron chi connectivity index (χ3n) is 11.3. The normalized spacial score (nSPS) is 21.4. The highest BCUT2D eigenvalue weighted by Gasteiger charge is 2.33. The highest BCUT2D eigenvalue weighted by atomic mass is 16.5. The molecule has 4 saturated heterocycles. The lowest BCUT2D eigenvalue weighted by Gasteiger charge is -2.32. The van der Waals surface area contributed by atoms with E-state index in [4.69, 9.17) is 9.47 Å². The van der Waals surface area contributed by atoms with Crippen molar-refractivity contribution in [2.45, 2.75) is 103 Å². The van der Waals surface area contributed by atoms with Gasteiger partial charge in [-0.1, -0.05) is 45.5 Å². The van der Waals surface area contributed by atoms with Gasteiger partial charge in [-0.3, -0.25) is 19.2 Å². The molecule has 2 atom stereocenters. The van der Waals surface area contributed by atoms with Crippen LogP contribution < -0.4 is 9.47 Å². The van der Waals surface area contributed by atoms with E-state index in [-0.39, 0.29) is 53.8 Å². The van der Waals surface area contributed by atoms with Crippen molar-refractivity contribution in [3.05, 3.63) is 77.9 Å². The zero-order valence-corrected chi connectivity index (χ0v) is 31.7. The molecular formula is C43H56N4O6. The number of nitrogens with zero attached hydrogens (tertiary/aromatic N) is 4. The lowest BCUT2D eigenvalue weighted by atomic mass is 9.96. The van der Waals surface area contributed by atoms with Crippen LogP contribution >= 0.6 is 0 Å². The molecule has 0 radical (unpaired) electrons. The molecule has 53 heavy (non-hydrogen) atoms. The van der Waals surface area contributed by atoms with Crippen LogP contribution in [0.3, 0.4) is 0 Å². The van der Waals surface area contributed by atoms with E-state index in [1.54, 1.807) is 11.0 Å². The van der Waals surface area contributed by atoms with Crippen LogP contribution in [0.1, 0.15) is 107 Å². The summed E-state index contributed by atoms with van der Waals surface area (Å²) < 4.78 is 12.9. The summed E-state index contributed by atoms with van der Waals surface area (Å²) in [5.41, 5.74) is 3.02. The van der Waals surface area contributed by atoms with Crippen molar-refractivity contribution in [3.63, 3.8) is 0 Å². The average Bonchev–Trinajstić information content (AvgIpc) is 3.88. The first-order valence-electron chi connectivity index (χ1n) is 19.7. The minimum atomic E-state index is -0.107. The Kier molecular flexibility index (Phi) is 12.6. The van der Waals surface area contributed by atoms with Crippen LogP contribution in [0.25, 0.3) is 6.08 Å². The molecule has 4 aliphatic rings. The maximum atomic E-state index is 13.5. The molecule has 4 amide bonds. The van der Waals surface area contributed by atoms with Crippen LogP contribution in [0.4, 0.5) is 0 Å². The molecule has 0 bridgehead atoms. The first kappa shape index (κ1) is 38.1. The Bertz CT molecular complexity index is 1670. The lowest BCUT2D eigenvalue weighted by Crippen LogP contribution is -2.41. The number of rotatable bonds is 11. The fourth-order valence-electron chi connectivity index (χ4n) is 8.33. The fraction of sp³-hybridized carbons (Fsp3) is 0.535. The minimum Gasteiger partial charge on any atom is -0.490 e. The molecule has 4 heterocycles. The number of amides is 4. The Labute approximate surface area is 314 Å². The summed E-state index contributed by atoms with van der Waals surface area (Å²) in [6.45, 7) is 13.4. The van der Waals surface area contributed by atoms with Crippen molar-refractivity contribution in [2.75, 3.05) is 39.3 Å². The number of piperidine rings is 2. The zero-order chi connectivity index (χ0) is 37.5. The molecule has 10 nitrogen and oxygen atoms in total. The molecule has 0 N–H and O–H groups in total. The van der Waals surface area contributed by atoms with Gasteiger partial charge >= 0.3 is 0 Å². The maximum absolute atomic E-state index is 13.5. The molecule has 2 unspecified atom stereocenters. The first-order valence-corrected chi connectivity index (χ1v) is 19.7. The number of likely N-dealkylation sites (tertiary alicyclic amines) is 4. The van der Waals surface area contributed by atoms with Crippen molar-refractivity contribution < 1.29 is 28.7 Å². The van der Waals surface area contributed by atoms with Crippen molar-refractivity contribution in [3.8, 4) is 11.5 Å². The topological polar surface area (TPSA) is 99.7 Å². The van der Waals surface area contributed by atoms with E-state index in [1.807, 2.05) is 71.9 Å². The second-order valence-electron chi connectivity index (χ2n) is 15.1. The summed E-state index contributed by atoms with van der Waals surface area (Å²) in [7, 11) is 0. The molecule has 6 rings (SSSR count). The van der Waals surface area contributed by atoms with Crippen LogP contribution in [0.5, 0.6) is 11.5 Å². The van der Waals surface area contributed by atoms with E-state index in [9.17, 15) is 19.2 Å². The third-order valence-corrected chi connectivity index (χ3v) is 11.3. The third kappa shape index (κ3) is 9.14. The van der Waals surface area contributed by atoms with Gasteiger partial charge in [0.25, 0.3) is 0 Å². The summed E-state index contributed by atoms with van der Waals surface area (Å²) in [6, 6.07) is 14.2. The van der Waals surface area contributed by atoms with E-state index < -0.39 is 0 Å². The Balaban J connectivity index is 1.09. The molecule has 2 aromatic carbocycles. The summed E-state index contributed by atoms with van der Waals surface area (Å²) in [5, 5.41) is 0. The molecule has 0 saturated carbocycles. The van der Waals surface area contributed by atoms with Crippen molar-refractivity contribution in [2.24, 2.45) is 5.92 Å². The molecule has 284 valence electrons. The number of hydrogen-bond donors (Lipinski definition) is 0. The standard InChI is InChI=1S/C43H56N4O6/c1-5-40(48)44-24-18-34(19-25-44)53-36-16-14-31(37(29-36)39-13-9-23-47(39)43(51)30(3)4)15-17-42(50)45-26-20-33(21-27-45)52-35-11-7-10-32(28-35)38-12-8-22-46(38)41(49)6-2/h5,7,10-11,14-17,28-30,33-34,38-39H,1,6,8-9,12-13,18-27H2,2-4H3/b17-15+. The van der Waals surface area contributed by atoms with E-state index in [1.165, 1.54) is 6.08 Å². The molecule has 2 aromatic rings. The molecular weight excluding hydrogens is 668 g/mol. The predicted molar refractivity (Wildman–Crippen MR) is 205 cm³/mol. The van der Waals surface area contributed by atoms with Gasteiger partial charge in [0, 0.05) is 83.4 Å². The van der Waals surface area contributed by atoms with E-state index in [2.05, 4.69) is 18.7 Å². The minimum absolute atomic E-state index is 0.0101. The molecule has 4 fully saturated rings. The van der Waals surface area contributed by atoms with Crippen LogP contribution in [-0.2, 0) is 19.2 Å². The van der Waals surface area contributed by atoms with Gasteiger partial charge in [-0.15, -0.1) is 0 Å². The van der Waals surface area contributed by atoms with Crippen LogP contribution in [0.15, 0.2) is 61.2 Å². The summed E-state index contributed by atoms with van der Waals surface area (Å²) in [6.07, 6.45) is 12.1. The Morgan fingerprint density at radius 3 is 1.98 bits per heavy atom. The van der Waals surface area contributed by atoms with Gasteiger partial charge in [0.05, 0.1) is 12.1 Å². The summed E-state index contributed by atoms with van der Waals surface area (Å²) in [5.74, 6) is 1.68. The first-order chi connectivity index (χ1) is 25.6. The van der Waals surface area contributed by atoms with Gasteiger partial charge in [0.15, 0.2) is 0 Å². The van der Waals surface area contributed by atoms with Gasteiger partial charge in [-0.05, 0) is 78.8 Å². The maximum Gasteiger partial charge on any atom is 0.246 e. The highest BCUT2D eigenvalue weighted by molar-refractivity contribution is 5.92.